The first-order valence-electron chi connectivity index (χ1n) is 5.14. The van der Waals surface area contributed by atoms with Gasteiger partial charge in [0.2, 0.25) is 5.91 Å². The summed E-state index contributed by atoms with van der Waals surface area (Å²) in [7, 11) is 0. The van der Waals surface area contributed by atoms with Gasteiger partial charge in [0.25, 0.3) is 0 Å². The lowest BCUT2D eigenvalue weighted by Gasteiger charge is -2.10. The number of hydrogen-bond donors (Lipinski definition) is 2. The first-order valence-corrected chi connectivity index (χ1v) is 5.93. The number of rotatable bonds is 4. The van der Waals surface area contributed by atoms with E-state index in [9.17, 15) is 13.6 Å². The average Bonchev–Trinajstić information content (AvgIpc) is 2.25. The molecule has 17 heavy (non-hydrogen) atoms. The minimum Gasteiger partial charge on any atom is -0.327 e. The maximum absolute atomic E-state index is 13.4. The number of carbonyl (C=O) groups excluding carboxylic acids is 1. The van der Waals surface area contributed by atoms with Crippen molar-refractivity contribution in [2.24, 2.45) is 5.73 Å². The van der Waals surface area contributed by atoms with Gasteiger partial charge >= 0.3 is 0 Å². The summed E-state index contributed by atoms with van der Waals surface area (Å²) in [6, 6.07) is 1.61. The number of carbonyl (C=O) groups is 1. The van der Waals surface area contributed by atoms with Crippen LogP contribution in [-0.4, -0.2) is 11.9 Å². The molecule has 1 aromatic carbocycles. The fourth-order valence-electron chi connectivity index (χ4n) is 1.20. The second-order valence-corrected chi connectivity index (χ2v) is 4.52. The zero-order valence-corrected chi connectivity index (χ0v) is 10.9. The number of anilines is 1. The number of nitrogens with one attached hydrogen (secondary N) is 1. The van der Waals surface area contributed by atoms with E-state index in [0.717, 1.165) is 12.1 Å². The van der Waals surface area contributed by atoms with Crippen LogP contribution in [-0.2, 0) is 4.79 Å². The van der Waals surface area contributed by atoms with Crippen molar-refractivity contribution in [3.63, 3.8) is 0 Å². The fraction of sp³-hybridized carbons (Fsp3) is 0.364. The molecule has 0 saturated carbocycles. The van der Waals surface area contributed by atoms with Crippen LogP contribution in [0.3, 0.4) is 0 Å². The van der Waals surface area contributed by atoms with Crippen molar-refractivity contribution in [1.29, 1.82) is 0 Å². The van der Waals surface area contributed by atoms with E-state index in [4.69, 9.17) is 5.73 Å². The molecule has 0 heterocycles. The van der Waals surface area contributed by atoms with E-state index in [1.54, 1.807) is 0 Å². The zero-order valence-electron chi connectivity index (χ0n) is 9.27. The average molecular weight is 307 g/mol. The molecule has 1 amide bonds. The molecule has 1 aromatic rings. The Morgan fingerprint density at radius 2 is 2.12 bits per heavy atom. The molecule has 3 N–H and O–H groups in total. The van der Waals surface area contributed by atoms with Gasteiger partial charge in [-0.1, -0.05) is 6.92 Å². The Balaban J connectivity index is 2.75. The Bertz CT molecular complexity index is 426. The number of benzene rings is 1. The van der Waals surface area contributed by atoms with Crippen LogP contribution in [0.5, 0.6) is 0 Å². The molecule has 1 atom stereocenters. The summed E-state index contributed by atoms with van der Waals surface area (Å²) in [6.45, 7) is 1.85. The normalized spacial score (nSPS) is 12.3. The molecular weight excluding hydrogens is 294 g/mol. The highest BCUT2D eigenvalue weighted by molar-refractivity contribution is 9.10. The van der Waals surface area contributed by atoms with E-state index in [1.165, 1.54) is 0 Å². The highest BCUT2D eigenvalue weighted by atomic mass is 79.9. The topological polar surface area (TPSA) is 55.1 Å². The molecule has 0 radical (unpaired) electrons. The van der Waals surface area contributed by atoms with Gasteiger partial charge in [-0.2, -0.15) is 0 Å². The SMILES string of the molecule is CCC(N)CC(=O)Nc1cc(F)c(Br)cc1F. The van der Waals surface area contributed by atoms with Crippen molar-refractivity contribution < 1.29 is 13.6 Å². The molecule has 94 valence electrons. The maximum atomic E-state index is 13.4. The summed E-state index contributed by atoms with van der Waals surface area (Å²) >= 11 is 2.85. The van der Waals surface area contributed by atoms with Gasteiger partial charge in [0.15, 0.2) is 0 Å². The summed E-state index contributed by atoms with van der Waals surface area (Å²) in [5.74, 6) is -1.77. The van der Waals surface area contributed by atoms with E-state index in [-0.39, 0.29) is 22.6 Å². The first kappa shape index (κ1) is 14.1. The Morgan fingerprint density at radius 1 is 1.47 bits per heavy atom. The zero-order chi connectivity index (χ0) is 13.0. The van der Waals surface area contributed by atoms with Gasteiger partial charge in [0, 0.05) is 18.5 Å². The summed E-state index contributed by atoms with van der Waals surface area (Å²) in [5, 5.41) is 2.29. The highest BCUT2D eigenvalue weighted by Crippen LogP contribution is 2.23. The predicted octanol–water partition coefficient (Wildman–Crippen LogP) is 2.79. The third kappa shape index (κ3) is 4.05. The monoisotopic (exact) mass is 306 g/mol. The lowest BCUT2D eigenvalue weighted by molar-refractivity contribution is -0.116. The second kappa shape index (κ2) is 6.07. The van der Waals surface area contributed by atoms with Crippen molar-refractivity contribution in [1.82, 2.24) is 0 Å². The molecule has 0 aromatic heterocycles. The molecule has 0 fully saturated rings. The summed E-state index contributed by atoms with van der Waals surface area (Å²) in [6.07, 6.45) is 0.720. The van der Waals surface area contributed by atoms with Gasteiger partial charge in [0.1, 0.15) is 11.6 Å². The van der Waals surface area contributed by atoms with Crippen molar-refractivity contribution in [2.75, 3.05) is 5.32 Å². The summed E-state index contributed by atoms with van der Waals surface area (Å²) < 4.78 is 26.5. The smallest absolute Gasteiger partial charge is 0.226 e. The van der Waals surface area contributed by atoms with Crippen LogP contribution in [0.15, 0.2) is 16.6 Å². The van der Waals surface area contributed by atoms with Gasteiger partial charge in [-0.05, 0) is 28.4 Å². The minimum absolute atomic E-state index is 0.0123. The van der Waals surface area contributed by atoms with E-state index in [2.05, 4.69) is 21.2 Å². The Labute approximate surface area is 107 Å². The largest absolute Gasteiger partial charge is 0.327 e. The molecule has 0 saturated heterocycles. The van der Waals surface area contributed by atoms with Crippen LogP contribution in [0, 0.1) is 11.6 Å². The molecule has 0 bridgehead atoms. The molecular formula is C11H13BrF2N2O. The van der Waals surface area contributed by atoms with Crippen molar-refractivity contribution in [2.45, 2.75) is 25.8 Å². The number of amides is 1. The van der Waals surface area contributed by atoms with E-state index >= 15 is 0 Å². The molecule has 0 aliphatic rings. The Morgan fingerprint density at radius 3 is 2.71 bits per heavy atom. The first-order chi connectivity index (χ1) is 7.93. The lowest BCUT2D eigenvalue weighted by atomic mass is 10.1. The quantitative estimate of drug-likeness (QED) is 0.840. The number of nitrogens with two attached hydrogens (primary N) is 1. The summed E-state index contributed by atoms with van der Waals surface area (Å²) in [5.41, 5.74) is 5.40. The summed E-state index contributed by atoms with van der Waals surface area (Å²) in [4.78, 5) is 11.4. The van der Waals surface area contributed by atoms with Gasteiger partial charge in [-0.25, -0.2) is 8.78 Å². The van der Waals surface area contributed by atoms with Crippen LogP contribution in [0.25, 0.3) is 0 Å². The van der Waals surface area contributed by atoms with Crippen molar-refractivity contribution in [3.05, 3.63) is 28.2 Å². The maximum Gasteiger partial charge on any atom is 0.226 e. The molecule has 0 spiro atoms. The van der Waals surface area contributed by atoms with Crippen LogP contribution in [0.2, 0.25) is 0 Å². The molecule has 1 rings (SSSR count). The second-order valence-electron chi connectivity index (χ2n) is 3.67. The van der Waals surface area contributed by atoms with E-state index < -0.39 is 17.5 Å². The van der Waals surface area contributed by atoms with Gasteiger partial charge in [0.05, 0.1) is 10.2 Å². The fourth-order valence-corrected chi connectivity index (χ4v) is 1.52. The van der Waals surface area contributed by atoms with Gasteiger partial charge in [-0.3, -0.25) is 4.79 Å². The molecule has 6 heteroatoms. The van der Waals surface area contributed by atoms with Crippen molar-refractivity contribution >= 4 is 27.5 Å². The lowest BCUT2D eigenvalue weighted by Crippen LogP contribution is -2.26. The van der Waals surface area contributed by atoms with Crippen LogP contribution >= 0.6 is 15.9 Å². The number of halogens is 3. The third-order valence-electron chi connectivity index (χ3n) is 2.26. The Hall–Kier alpha value is -1.01. The van der Waals surface area contributed by atoms with Crippen LogP contribution < -0.4 is 11.1 Å². The molecule has 1 unspecified atom stereocenters. The molecule has 0 aliphatic heterocycles. The molecule has 3 nitrogen and oxygen atoms in total. The third-order valence-corrected chi connectivity index (χ3v) is 2.86. The number of hydrogen-bond acceptors (Lipinski definition) is 2. The predicted molar refractivity (Wildman–Crippen MR) is 65.6 cm³/mol. The minimum atomic E-state index is -0.698. The Kier molecular flexibility index (Phi) is 5.02. The van der Waals surface area contributed by atoms with Crippen LogP contribution in [0.4, 0.5) is 14.5 Å². The standard InChI is InChI=1S/C11H13BrF2N2O/c1-2-6(15)3-11(17)16-10-5-8(13)7(12)4-9(10)14/h4-6H,2-3,15H2,1H3,(H,16,17). The van der Waals surface area contributed by atoms with Crippen LogP contribution in [0.1, 0.15) is 19.8 Å². The van der Waals surface area contributed by atoms with E-state index in [1.807, 2.05) is 6.92 Å². The van der Waals surface area contributed by atoms with Gasteiger partial charge in [-0.15, -0.1) is 0 Å². The van der Waals surface area contributed by atoms with Gasteiger partial charge < -0.3 is 11.1 Å². The van der Waals surface area contributed by atoms with Crippen molar-refractivity contribution in [3.8, 4) is 0 Å². The highest BCUT2D eigenvalue weighted by Gasteiger charge is 2.12. The van der Waals surface area contributed by atoms with E-state index in [0.29, 0.717) is 6.42 Å². The molecule has 0 aliphatic carbocycles.